The average Bonchev–Trinajstić information content (AvgIpc) is 0.705. The summed E-state index contributed by atoms with van der Waals surface area (Å²) >= 11 is 0. The zero-order valence-electron chi connectivity index (χ0n) is 78.3. The molecule has 0 N–H and O–H groups in total. The minimum atomic E-state index is 1.23. The molecule has 654 valence electrons. The summed E-state index contributed by atoms with van der Waals surface area (Å²) in [6, 6.07) is 185. The summed E-state index contributed by atoms with van der Waals surface area (Å²) in [4.78, 5) is 0. The maximum Gasteiger partial charge on any atom is -0.00139 e. The second-order valence-corrected chi connectivity index (χ2v) is 38.2. The number of rotatable bonds is 12. The molecular weight excluding hydrogens is 1680 g/mol. The number of aryl methyl sites for hydroxylation is 4. The van der Waals surface area contributed by atoms with Crippen LogP contribution < -0.4 is 0 Å². The van der Waals surface area contributed by atoms with E-state index in [1.165, 1.54) is 296 Å². The normalized spacial score (nSPS) is 11.7. The molecule has 0 nitrogen and oxygen atoms in total. The molecule has 0 atom stereocenters. The van der Waals surface area contributed by atoms with Crippen LogP contribution >= 0.6 is 0 Å². The fraction of sp³-hybridized carbons (Fsp3) is 0.0286. The number of fused-ring (bicyclic) bond motifs is 4. The standard InChI is InChI=1S/C56H34.C44H34.C40H26/c1-5-13-39-29-43(21-17-35(39)9-1)51-33-52(44-22-18-36-10-2-6-14-40(36)30-44)48-27-28-50-54(46-24-20-38-12-4-8-16-42(38)32-46)34-53(49-26-25-47(51)55(48)56(49)50)45-23-19-37-11-3-7-15-41(37)31-45;1-27-9-5-13-31(21-27)39-25-40(32-14-6-10-28(2)22-32)36-19-20-38-42(34-16-8-12-30(4)24-34)26-41(33-15-7-11-29(3)23-33)37-18-17-35(39)43(36)44(37)38;1-5-13-27(14-6-1)35-25-36(28-15-7-2-8-16-28)32-23-24-34-38(30-19-11-4-12-20-30)26-37(29-17-9-3-10-18-29)33-22-21-31(35)39(32)40(33)34/h1-34H;5-26H,1-4H3;1-26H. The van der Waals surface area contributed by atoms with Crippen molar-refractivity contribution in [1.82, 2.24) is 0 Å². The van der Waals surface area contributed by atoms with Crippen molar-refractivity contribution in [2.24, 2.45) is 0 Å². The van der Waals surface area contributed by atoms with Crippen molar-refractivity contribution < 1.29 is 0 Å². The van der Waals surface area contributed by atoms with E-state index in [-0.39, 0.29) is 0 Å². The van der Waals surface area contributed by atoms with E-state index in [2.05, 4.69) is 525 Å². The minimum absolute atomic E-state index is 1.23. The van der Waals surface area contributed by atoms with Crippen LogP contribution in [-0.4, -0.2) is 0 Å². The first-order valence-electron chi connectivity index (χ1n) is 48.9. The SMILES string of the molecule is Cc1cccc(-c2cc(-c3cccc(C)c3)c3ccc4c(-c5cccc(C)c5)cc(-c5cccc(C)c5)c5ccc2c3c54)c1.c1ccc(-c2cc(-c3ccccc3)c3ccc4c(-c5ccccc5)cc(-c5ccccc5)c5ccc2c3c54)cc1.c1ccc2cc(-c3cc(-c4ccc5ccccc5c4)c4ccc5c(-c6ccc7ccccc7c6)cc(-c6ccc7ccccc7c6)c6ccc3c4c65)ccc2c1. The quantitative estimate of drug-likeness (QED) is 0.107. The summed E-state index contributed by atoms with van der Waals surface area (Å²) < 4.78 is 0. The second-order valence-electron chi connectivity index (χ2n) is 38.2. The lowest BCUT2D eigenvalue weighted by Gasteiger charge is -2.22. The summed E-state index contributed by atoms with van der Waals surface area (Å²) in [5, 5.41) is 33.5. The molecule has 28 aromatic carbocycles. The molecule has 0 amide bonds. The Morgan fingerprint density at radius 3 is 0.407 bits per heavy atom. The topological polar surface area (TPSA) is 0 Å². The van der Waals surface area contributed by atoms with Crippen molar-refractivity contribution in [2.45, 2.75) is 27.7 Å². The Bertz CT molecular complexity index is 8670. The van der Waals surface area contributed by atoms with Crippen LogP contribution in [0.1, 0.15) is 22.3 Å². The zero-order chi connectivity index (χ0) is 93.2. The highest BCUT2D eigenvalue weighted by molar-refractivity contribution is 6.36. The predicted molar refractivity (Wildman–Crippen MR) is 605 cm³/mol. The van der Waals surface area contributed by atoms with Crippen LogP contribution in [0.25, 0.3) is 274 Å². The highest BCUT2D eigenvalue weighted by Gasteiger charge is 2.27. The summed E-state index contributed by atoms with van der Waals surface area (Å²) in [6.45, 7) is 8.73. The Balaban J connectivity index is 0.000000110. The Morgan fingerprint density at radius 1 is 0.0929 bits per heavy atom. The summed E-state index contributed by atoms with van der Waals surface area (Å²) in [7, 11) is 0. The van der Waals surface area contributed by atoms with E-state index in [4.69, 9.17) is 0 Å². The first-order valence-corrected chi connectivity index (χ1v) is 48.9. The van der Waals surface area contributed by atoms with Crippen molar-refractivity contribution in [2.75, 3.05) is 0 Å². The molecule has 28 rings (SSSR count). The molecule has 0 saturated carbocycles. The lowest BCUT2D eigenvalue weighted by Crippen LogP contribution is -1.95. The van der Waals surface area contributed by atoms with Crippen LogP contribution in [0.2, 0.25) is 0 Å². The van der Waals surface area contributed by atoms with Crippen LogP contribution in [-0.2, 0) is 0 Å². The van der Waals surface area contributed by atoms with E-state index < -0.39 is 0 Å². The fourth-order valence-electron chi connectivity index (χ4n) is 23.0. The third kappa shape index (κ3) is 14.4. The lowest BCUT2D eigenvalue weighted by atomic mass is 9.81. The van der Waals surface area contributed by atoms with Gasteiger partial charge in [-0.1, -0.05) is 459 Å². The minimum Gasteiger partial charge on any atom is -0.0622 e. The monoisotopic (exact) mass is 1770 g/mol. The first kappa shape index (κ1) is 83.0. The number of benzene rings is 28. The van der Waals surface area contributed by atoms with Crippen molar-refractivity contribution >= 4 is 140 Å². The second kappa shape index (κ2) is 34.3. The van der Waals surface area contributed by atoms with E-state index in [0.717, 1.165) is 0 Å². The lowest BCUT2D eigenvalue weighted by molar-refractivity contribution is 1.46. The van der Waals surface area contributed by atoms with Crippen molar-refractivity contribution in [3.05, 3.63) is 520 Å². The molecule has 0 heteroatoms. The largest absolute Gasteiger partial charge is 0.0622 e. The van der Waals surface area contributed by atoms with Crippen LogP contribution in [0, 0.1) is 27.7 Å². The van der Waals surface area contributed by atoms with Gasteiger partial charge >= 0.3 is 0 Å². The van der Waals surface area contributed by atoms with Gasteiger partial charge in [0.15, 0.2) is 0 Å². The predicted octanol–water partition coefficient (Wildman–Crippen LogP) is 39.6. The highest BCUT2D eigenvalue weighted by atomic mass is 14.3. The Morgan fingerprint density at radius 2 is 0.236 bits per heavy atom. The third-order valence-corrected chi connectivity index (χ3v) is 29.6. The summed E-state index contributed by atoms with van der Waals surface area (Å²) in [5.74, 6) is 0. The van der Waals surface area contributed by atoms with Crippen LogP contribution in [0.5, 0.6) is 0 Å². The molecule has 140 heavy (non-hydrogen) atoms. The van der Waals surface area contributed by atoms with E-state index in [1.54, 1.807) is 0 Å². The molecule has 0 aliphatic carbocycles. The van der Waals surface area contributed by atoms with Crippen LogP contribution in [0.3, 0.4) is 0 Å². The maximum atomic E-state index is 2.45. The molecule has 0 fully saturated rings. The molecule has 0 unspecified atom stereocenters. The van der Waals surface area contributed by atoms with Gasteiger partial charge < -0.3 is 0 Å². The highest BCUT2D eigenvalue weighted by Crippen LogP contribution is 2.55. The molecule has 28 aromatic rings. The van der Waals surface area contributed by atoms with E-state index >= 15 is 0 Å². The van der Waals surface area contributed by atoms with Crippen molar-refractivity contribution in [3.8, 4) is 134 Å². The zero-order valence-corrected chi connectivity index (χ0v) is 78.3. The van der Waals surface area contributed by atoms with Gasteiger partial charge in [0, 0.05) is 0 Å². The molecule has 0 spiro atoms. The maximum absolute atomic E-state index is 2.45. The molecule has 0 bridgehead atoms. The molecule has 0 aliphatic heterocycles. The van der Waals surface area contributed by atoms with E-state index in [1.807, 2.05) is 0 Å². The smallest absolute Gasteiger partial charge is 0.00139 e. The Kier molecular flexibility index (Phi) is 20.3. The van der Waals surface area contributed by atoms with Gasteiger partial charge in [-0.05, 0) is 362 Å². The van der Waals surface area contributed by atoms with Gasteiger partial charge in [0.1, 0.15) is 0 Å². The van der Waals surface area contributed by atoms with E-state index in [0.29, 0.717) is 0 Å². The molecular formula is C140H94. The van der Waals surface area contributed by atoms with Gasteiger partial charge in [0.05, 0.1) is 0 Å². The van der Waals surface area contributed by atoms with Gasteiger partial charge in [0.2, 0.25) is 0 Å². The van der Waals surface area contributed by atoms with Crippen molar-refractivity contribution in [3.63, 3.8) is 0 Å². The summed E-state index contributed by atoms with van der Waals surface area (Å²) in [6.07, 6.45) is 0. The average molecular weight is 1780 g/mol. The molecule has 0 heterocycles. The van der Waals surface area contributed by atoms with Gasteiger partial charge in [-0.15, -0.1) is 0 Å². The van der Waals surface area contributed by atoms with Gasteiger partial charge in [-0.2, -0.15) is 0 Å². The third-order valence-electron chi connectivity index (χ3n) is 29.6. The Labute approximate surface area is 815 Å². The van der Waals surface area contributed by atoms with Crippen LogP contribution in [0.15, 0.2) is 497 Å². The van der Waals surface area contributed by atoms with Gasteiger partial charge in [-0.3, -0.25) is 0 Å². The van der Waals surface area contributed by atoms with Gasteiger partial charge in [-0.25, -0.2) is 0 Å². The Hall–Kier alpha value is -17.7. The van der Waals surface area contributed by atoms with Gasteiger partial charge in [0.25, 0.3) is 0 Å². The molecule has 0 aromatic heterocycles. The van der Waals surface area contributed by atoms with Crippen LogP contribution in [0.4, 0.5) is 0 Å². The first-order chi connectivity index (χ1) is 69.0. The summed E-state index contributed by atoms with van der Waals surface area (Å²) in [5.41, 5.74) is 35.2. The number of hydrogen-bond donors (Lipinski definition) is 0. The van der Waals surface area contributed by atoms with Crippen molar-refractivity contribution in [1.29, 1.82) is 0 Å². The molecule has 0 saturated heterocycles. The molecule has 0 radical (unpaired) electrons. The molecule has 0 aliphatic rings. The fourth-order valence-corrected chi connectivity index (χ4v) is 23.0. The van der Waals surface area contributed by atoms with E-state index in [9.17, 15) is 0 Å². The number of hydrogen-bond acceptors (Lipinski definition) is 0.